The normalized spacial score (nSPS) is 10.5. The van der Waals surface area contributed by atoms with Crippen molar-refractivity contribution in [2.75, 3.05) is 0 Å². The molecule has 26 heavy (non-hydrogen) atoms. The van der Waals surface area contributed by atoms with Crippen molar-refractivity contribution in [3.8, 4) is 11.8 Å². The number of benzene rings is 2. The zero-order valence-electron chi connectivity index (χ0n) is 14.0. The number of fused-ring (bicyclic) bond motifs is 1. The number of hydrogen-bond acceptors (Lipinski definition) is 2. The molecule has 2 aromatic carbocycles. The number of halogens is 1. The number of imidazole rings is 1. The Morgan fingerprint density at radius 2 is 1.73 bits per heavy atom. The Morgan fingerprint density at radius 3 is 2.54 bits per heavy atom. The fourth-order valence-electron chi connectivity index (χ4n) is 2.76. The first-order chi connectivity index (χ1) is 12.8. The predicted molar refractivity (Wildman–Crippen MR) is 100 cm³/mol. The summed E-state index contributed by atoms with van der Waals surface area (Å²) in [6, 6.07) is 18.6. The van der Waals surface area contributed by atoms with E-state index >= 15 is 0 Å². The Bertz CT molecular complexity index is 1090. The zero-order valence-corrected chi connectivity index (χ0v) is 14.0. The van der Waals surface area contributed by atoms with Crippen LogP contribution in [0.5, 0.6) is 0 Å². The van der Waals surface area contributed by atoms with Gasteiger partial charge >= 0.3 is 0 Å². The monoisotopic (exact) mass is 341 g/mol. The molecule has 0 spiro atoms. The van der Waals surface area contributed by atoms with Gasteiger partial charge in [0.2, 0.25) is 0 Å². The van der Waals surface area contributed by atoms with E-state index in [9.17, 15) is 4.39 Å². The second kappa shape index (κ2) is 7.20. The molecular weight excluding hydrogens is 325 g/mol. The molecule has 4 heteroatoms. The number of aromatic nitrogens is 3. The molecule has 0 aliphatic heterocycles. The van der Waals surface area contributed by atoms with E-state index in [1.165, 1.54) is 17.7 Å². The standard InChI is InChI=1S/C22H16FN3/c23-19-11-9-17(10-12-19)13-18-14-20-22(24-15-18)26-21(25-20)8-4-7-16-5-2-1-3-6-16/h1-3,5-6,9-12,14-15H,7,13H2,(H,24,25,26). The fraction of sp³-hybridized carbons (Fsp3) is 0.0909. The van der Waals surface area contributed by atoms with Crippen molar-refractivity contribution in [3.63, 3.8) is 0 Å². The van der Waals surface area contributed by atoms with Gasteiger partial charge in [0.15, 0.2) is 11.5 Å². The third kappa shape index (κ3) is 3.79. The lowest BCUT2D eigenvalue weighted by molar-refractivity contribution is 0.627. The topological polar surface area (TPSA) is 41.6 Å². The molecule has 4 rings (SSSR count). The van der Waals surface area contributed by atoms with E-state index in [0.717, 1.165) is 16.6 Å². The van der Waals surface area contributed by atoms with Gasteiger partial charge in [0.05, 0.1) is 5.52 Å². The molecule has 0 unspecified atom stereocenters. The summed E-state index contributed by atoms with van der Waals surface area (Å²) < 4.78 is 13.0. The molecule has 126 valence electrons. The quantitative estimate of drug-likeness (QED) is 0.565. The van der Waals surface area contributed by atoms with Crippen molar-refractivity contribution < 1.29 is 4.39 Å². The summed E-state index contributed by atoms with van der Waals surface area (Å²) in [7, 11) is 0. The molecule has 0 radical (unpaired) electrons. The molecule has 3 nitrogen and oxygen atoms in total. The summed E-state index contributed by atoms with van der Waals surface area (Å²) in [6.45, 7) is 0. The van der Waals surface area contributed by atoms with Gasteiger partial charge in [-0.25, -0.2) is 14.4 Å². The van der Waals surface area contributed by atoms with E-state index in [1.807, 2.05) is 24.3 Å². The van der Waals surface area contributed by atoms with Crippen molar-refractivity contribution in [3.05, 3.63) is 95.2 Å². The SMILES string of the molecule is Fc1ccc(Cc2cnc3nc(C#CCc4ccccc4)[nH]c3c2)cc1. The molecule has 1 N–H and O–H groups in total. The maximum Gasteiger partial charge on any atom is 0.185 e. The van der Waals surface area contributed by atoms with Gasteiger partial charge in [-0.3, -0.25) is 0 Å². The van der Waals surface area contributed by atoms with Gasteiger partial charge in [0, 0.05) is 12.6 Å². The number of H-pyrrole nitrogens is 1. The van der Waals surface area contributed by atoms with Crippen LogP contribution in [0.3, 0.4) is 0 Å². The van der Waals surface area contributed by atoms with Crippen molar-refractivity contribution >= 4 is 11.2 Å². The Hall–Kier alpha value is -3.45. The van der Waals surface area contributed by atoms with Gasteiger partial charge in [-0.15, -0.1) is 0 Å². The van der Waals surface area contributed by atoms with Gasteiger partial charge < -0.3 is 4.98 Å². The molecule has 0 amide bonds. The highest BCUT2D eigenvalue weighted by atomic mass is 19.1. The Labute approximate surface area is 151 Å². The highest BCUT2D eigenvalue weighted by Crippen LogP contribution is 2.14. The predicted octanol–water partition coefficient (Wildman–Crippen LogP) is 4.28. The second-order valence-electron chi connectivity index (χ2n) is 6.07. The summed E-state index contributed by atoms with van der Waals surface area (Å²) in [5.74, 6) is 6.58. The van der Waals surface area contributed by atoms with E-state index in [0.29, 0.717) is 24.3 Å². The third-order valence-electron chi connectivity index (χ3n) is 4.06. The molecule has 2 aromatic heterocycles. The summed E-state index contributed by atoms with van der Waals surface area (Å²) in [4.78, 5) is 12.0. The lowest BCUT2D eigenvalue weighted by atomic mass is 10.1. The van der Waals surface area contributed by atoms with E-state index < -0.39 is 0 Å². The molecule has 0 bridgehead atoms. The Balaban J connectivity index is 1.51. The van der Waals surface area contributed by atoms with Gasteiger partial charge in [0.25, 0.3) is 0 Å². The molecule has 2 heterocycles. The lowest BCUT2D eigenvalue weighted by Gasteiger charge is -2.01. The maximum absolute atomic E-state index is 13.0. The average Bonchev–Trinajstić information content (AvgIpc) is 3.06. The van der Waals surface area contributed by atoms with E-state index in [4.69, 9.17) is 0 Å². The molecule has 0 fully saturated rings. The molecule has 0 saturated heterocycles. The van der Waals surface area contributed by atoms with Crippen LogP contribution in [0.2, 0.25) is 0 Å². The first-order valence-corrected chi connectivity index (χ1v) is 8.38. The summed E-state index contributed by atoms with van der Waals surface area (Å²) >= 11 is 0. The average molecular weight is 341 g/mol. The number of nitrogens with one attached hydrogen (secondary N) is 1. The van der Waals surface area contributed by atoms with E-state index in [1.54, 1.807) is 18.3 Å². The van der Waals surface area contributed by atoms with Crippen LogP contribution >= 0.6 is 0 Å². The van der Waals surface area contributed by atoms with Crippen LogP contribution in [0.25, 0.3) is 11.2 Å². The Morgan fingerprint density at radius 1 is 0.923 bits per heavy atom. The molecule has 0 atom stereocenters. The van der Waals surface area contributed by atoms with Crippen LogP contribution in [0, 0.1) is 17.7 Å². The van der Waals surface area contributed by atoms with Crippen LogP contribution in [-0.4, -0.2) is 15.0 Å². The van der Waals surface area contributed by atoms with Gasteiger partial charge in [0.1, 0.15) is 5.82 Å². The summed E-state index contributed by atoms with van der Waals surface area (Å²) in [5.41, 5.74) is 4.76. The number of pyridine rings is 1. The third-order valence-corrected chi connectivity index (χ3v) is 4.06. The molecule has 0 aliphatic rings. The molecule has 4 aromatic rings. The first kappa shape index (κ1) is 16.0. The van der Waals surface area contributed by atoms with Crippen molar-refractivity contribution in [1.82, 2.24) is 15.0 Å². The van der Waals surface area contributed by atoms with Crippen LogP contribution in [0.15, 0.2) is 66.9 Å². The molecule has 0 aliphatic carbocycles. The zero-order chi connectivity index (χ0) is 17.8. The number of aromatic amines is 1. The van der Waals surface area contributed by atoms with Crippen molar-refractivity contribution in [2.45, 2.75) is 12.8 Å². The Kier molecular flexibility index (Phi) is 4.44. The number of rotatable bonds is 3. The minimum atomic E-state index is -0.227. The fourth-order valence-corrected chi connectivity index (χ4v) is 2.76. The first-order valence-electron chi connectivity index (χ1n) is 8.38. The van der Waals surface area contributed by atoms with Crippen LogP contribution in [-0.2, 0) is 12.8 Å². The van der Waals surface area contributed by atoms with Crippen molar-refractivity contribution in [1.29, 1.82) is 0 Å². The van der Waals surface area contributed by atoms with Crippen molar-refractivity contribution in [2.24, 2.45) is 0 Å². The van der Waals surface area contributed by atoms with E-state index in [-0.39, 0.29) is 5.82 Å². The minimum Gasteiger partial charge on any atom is -0.330 e. The van der Waals surface area contributed by atoms with Gasteiger partial charge in [-0.1, -0.05) is 48.4 Å². The maximum atomic E-state index is 13.0. The highest BCUT2D eigenvalue weighted by Gasteiger charge is 2.04. The van der Waals surface area contributed by atoms with Crippen LogP contribution < -0.4 is 0 Å². The summed E-state index contributed by atoms with van der Waals surface area (Å²) in [5, 5.41) is 0. The van der Waals surface area contributed by atoms with E-state index in [2.05, 4.69) is 38.9 Å². The van der Waals surface area contributed by atoms with Gasteiger partial charge in [-0.2, -0.15) is 0 Å². The molecule has 0 saturated carbocycles. The minimum absolute atomic E-state index is 0.227. The summed E-state index contributed by atoms with van der Waals surface area (Å²) in [6.07, 6.45) is 3.17. The number of nitrogens with zero attached hydrogens (tertiary/aromatic N) is 2. The number of hydrogen-bond donors (Lipinski definition) is 1. The van der Waals surface area contributed by atoms with Crippen LogP contribution in [0.1, 0.15) is 22.5 Å². The van der Waals surface area contributed by atoms with Crippen LogP contribution in [0.4, 0.5) is 4.39 Å². The second-order valence-corrected chi connectivity index (χ2v) is 6.07. The largest absolute Gasteiger partial charge is 0.330 e. The highest BCUT2D eigenvalue weighted by molar-refractivity contribution is 5.72. The van der Waals surface area contributed by atoms with Gasteiger partial charge in [-0.05, 0) is 47.2 Å². The lowest BCUT2D eigenvalue weighted by Crippen LogP contribution is -1.90. The molecular formula is C22H16FN3. The smallest absolute Gasteiger partial charge is 0.185 e.